The second kappa shape index (κ2) is 9.87. The number of carbonyl (C=O) groups excluding carboxylic acids is 3. The van der Waals surface area contributed by atoms with Gasteiger partial charge in [-0.2, -0.15) is 0 Å². The number of hydrogen-bond donors (Lipinski definition) is 5. The number of phenolic OH excluding ortho intramolecular Hbond substituents is 1. The van der Waals surface area contributed by atoms with Gasteiger partial charge in [0.15, 0.2) is 0 Å². The van der Waals surface area contributed by atoms with Gasteiger partial charge in [-0.15, -0.1) is 0 Å². The Bertz CT molecular complexity index is 764. The summed E-state index contributed by atoms with van der Waals surface area (Å²) >= 11 is 0. The summed E-state index contributed by atoms with van der Waals surface area (Å²) in [6.45, 7) is 1.29. The minimum absolute atomic E-state index is 0.0750. The van der Waals surface area contributed by atoms with Crippen molar-refractivity contribution in [1.82, 2.24) is 15.5 Å². The lowest BCUT2D eigenvalue weighted by Gasteiger charge is -2.29. The second-order valence-electron chi connectivity index (χ2n) is 7.02. The molecule has 1 fully saturated rings. The van der Waals surface area contributed by atoms with Crippen molar-refractivity contribution in [1.29, 1.82) is 0 Å². The molecule has 0 spiro atoms. The average molecular weight is 406 g/mol. The topological polar surface area (TPSA) is 162 Å². The number of amides is 3. The molecule has 3 amide bonds. The molecule has 1 heterocycles. The van der Waals surface area contributed by atoms with Crippen molar-refractivity contribution in [2.75, 3.05) is 13.1 Å². The molecule has 10 heteroatoms. The summed E-state index contributed by atoms with van der Waals surface area (Å²) in [6.07, 6.45) is 1.14. The standard InChI is InChI=1S/C19H26N4O6/c1-11(20)17(27)22-14(9-12-4-6-13(24)7-5-12)19(29)23-8-2-3-15(23)18(28)21-10-16(25)26/h4-7,11,14-15,24H,2-3,8-10,20H2,1H3,(H,21,28)(H,22,27)(H,25,26). The van der Waals surface area contributed by atoms with E-state index in [1.807, 2.05) is 0 Å². The minimum Gasteiger partial charge on any atom is -0.508 e. The zero-order valence-corrected chi connectivity index (χ0v) is 16.1. The maximum atomic E-state index is 13.2. The highest BCUT2D eigenvalue weighted by Crippen LogP contribution is 2.20. The van der Waals surface area contributed by atoms with E-state index in [1.54, 1.807) is 12.1 Å². The van der Waals surface area contributed by atoms with Gasteiger partial charge < -0.3 is 31.5 Å². The van der Waals surface area contributed by atoms with Crippen molar-refractivity contribution >= 4 is 23.7 Å². The number of nitrogens with two attached hydrogens (primary N) is 1. The largest absolute Gasteiger partial charge is 0.508 e. The maximum Gasteiger partial charge on any atom is 0.322 e. The Balaban J connectivity index is 2.17. The molecule has 10 nitrogen and oxygen atoms in total. The van der Waals surface area contributed by atoms with Crippen molar-refractivity contribution in [3.63, 3.8) is 0 Å². The monoisotopic (exact) mass is 406 g/mol. The van der Waals surface area contributed by atoms with Gasteiger partial charge >= 0.3 is 5.97 Å². The molecule has 0 aromatic heterocycles. The second-order valence-corrected chi connectivity index (χ2v) is 7.02. The Kier molecular flexibility index (Phi) is 7.54. The van der Waals surface area contributed by atoms with Crippen LogP contribution in [0.15, 0.2) is 24.3 Å². The Morgan fingerprint density at radius 1 is 1.24 bits per heavy atom. The number of carboxylic acids is 1. The van der Waals surface area contributed by atoms with Crippen molar-refractivity contribution in [2.24, 2.45) is 5.73 Å². The van der Waals surface area contributed by atoms with Crippen molar-refractivity contribution in [3.8, 4) is 5.75 Å². The third kappa shape index (κ3) is 6.18. The Labute approximate surface area is 168 Å². The molecule has 1 aliphatic rings. The van der Waals surface area contributed by atoms with Crippen LogP contribution in [0.25, 0.3) is 0 Å². The predicted molar refractivity (Wildman–Crippen MR) is 103 cm³/mol. The molecule has 0 saturated carbocycles. The first-order valence-electron chi connectivity index (χ1n) is 9.33. The first kappa shape index (κ1) is 22.2. The number of nitrogens with one attached hydrogen (secondary N) is 2. The summed E-state index contributed by atoms with van der Waals surface area (Å²) in [6, 6.07) is 3.65. The molecule has 3 atom stereocenters. The number of nitrogens with zero attached hydrogens (tertiary/aromatic N) is 1. The highest BCUT2D eigenvalue weighted by Gasteiger charge is 2.37. The summed E-state index contributed by atoms with van der Waals surface area (Å²) in [4.78, 5) is 49.6. The summed E-state index contributed by atoms with van der Waals surface area (Å²) in [7, 11) is 0. The highest BCUT2D eigenvalue weighted by atomic mass is 16.4. The third-order valence-electron chi connectivity index (χ3n) is 4.66. The molecule has 2 rings (SSSR count). The maximum absolute atomic E-state index is 13.2. The Hall–Kier alpha value is -3.14. The van der Waals surface area contributed by atoms with Crippen LogP contribution < -0.4 is 16.4 Å². The summed E-state index contributed by atoms with van der Waals surface area (Å²) in [5.74, 6) is -2.59. The number of phenols is 1. The van der Waals surface area contributed by atoms with E-state index in [9.17, 15) is 24.3 Å². The molecule has 1 aromatic carbocycles. The van der Waals surface area contributed by atoms with E-state index in [0.29, 0.717) is 24.9 Å². The Morgan fingerprint density at radius 3 is 2.48 bits per heavy atom. The van der Waals surface area contributed by atoms with Crippen LogP contribution in [0.4, 0.5) is 0 Å². The van der Waals surface area contributed by atoms with E-state index in [-0.39, 0.29) is 12.2 Å². The molecule has 0 bridgehead atoms. The van der Waals surface area contributed by atoms with Gasteiger partial charge in [0, 0.05) is 13.0 Å². The van der Waals surface area contributed by atoms with Crippen LogP contribution >= 0.6 is 0 Å². The zero-order chi connectivity index (χ0) is 21.6. The summed E-state index contributed by atoms with van der Waals surface area (Å²) in [5, 5.41) is 23.1. The van der Waals surface area contributed by atoms with Crippen LogP contribution in [0, 0.1) is 0 Å². The van der Waals surface area contributed by atoms with E-state index in [0.717, 1.165) is 0 Å². The molecule has 29 heavy (non-hydrogen) atoms. The van der Waals surface area contributed by atoms with E-state index in [1.165, 1.54) is 24.0 Å². The van der Waals surface area contributed by atoms with Crippen LogP contribution in [-0.2, 0) is 25.6 Å². The van der Waals surface area contributed by atoms with Crippen molar-refractivity contribution in [2.45, 2.75) is 44.3 Å². The number of carboxylic acid groups (broad SMARTS) is 1. The first-order valence-corrected chi connectivity index (χ1v) is 9.33. The molecule has 0 radical (unpaired) electrons. The number of benzene rings is 1. The molecular formula is C19H26N4O6. The number of rotatable bonds is 8. The van der Waals surface area contributed by atoms with Crippen LogP contribution in [-0.4, -0.2) is 70.0 Å². The fourth-order valence-corrected chi connectivity index (χ4v) is 3.15. The number of likely N-dealkylation sites (tertiary alicyclic amines) is 1. The minimum atomic E-state index is -1.18. The fourth-order valence-electron chi connectivity index (χ4n) is 3.15. The zero-order valence-electron chi connectivity index (χ0n) is 16.1. The summed E-state index contributed by atoms with van der Waals surface area (Å²) < 4.78 is 0. The van der Waals surface area contributed by atoms with Crippen LogP contribution in [0.3, 0.4) is 0 Å². The fraction of sp³-hybridized carbons (Fsp3) is 0.474. The molecule has 6 N–H and O–H groups in total. The molecule has 0 aliphatic carbocycles. The van der Waals surface area contributed by atoms with E-state index < -0.39 is 48.4 Å². The van der Waals surface area contributed by atoms with Gasteiger partial charge in [0.1, 0.15) is 24.4 Å². The van der Waals surface area contributed by atoms with Gasteiger partial charge in [0.05, 0.1) is 6.04 Å². The molecule has 158 valence electrons. The van der Waals surface area contributed by atoms with Gasteiger partial charge in [0.25, 0.3) is 0 Å². The summed E-state index contributed by atoms with van der Waals surface area (Å²) in [5.41, 5.74) is 6.31. The van der Waals surface area contributed by atoms with Crippen LogP contribution in [0.1, 0.15) is 25.3 Å². The lowest BCUT2D eigenvalue weighted by atomic mass is 10.0. The van der Waals surface area contributed by atoms with Crippen molar-refractivity contribution < 1.29 is 29.4 Å². The average Bonchev–Trinajstić information content (AvgIpc) is 3.16. The number of carbonyl (C=O) groups is 4. The molecular weight excluding hydrogens is 380 g/mol. The van der Waals surface area contributed by atoms with Gasteiger partial charge in [-0.1, -0.05) is 12.1 Å². The van der Waals surface area contributed by atoms with Gasteiger partial charge in [-0.3, -0.25) is 19.2 Å². The molecule has 1 aromatic rings. The number of hydrogen-bond acceptors (Lipinski definition) is 6. The molecule has 3 unspecified atom stereocenters. The predicted octanol–water partition coefficient (Wildman–Crippen LogP) is -1.04. The first-order chi connectivity index (χ1) is 13.7. The smallest absolute Gasteiger partial charge is 0.322 e. The third-order valence-corrected chi connectivity index (χ3v) is 4.66. The highest BCUT2D eigenvalue weighted by molar-refractivity contribution is 5.94. The lowest BCUT2D eigenvalue weighted by Crippen LogP contribution is -2.56. The van der Waals surface area contributed by atoms with E-state index in [2.05, 4.69) is 10.6 Å². The van der Waals surface area contributed by atoms with E-state index in [4.69, 9.17) is 10.8 Å². The lowest BCUT2D eigenvalue weighted by molar-refractivity contribution is -0.142. The number of aliphatic carboxylic acids is 1. The molecule has 1 aliphatic heterocycles. The van der Waals surface area contributed by atoms with E-state index >= 15 is 0 Å². The van der Waals surface area contributed by atoms with Crippen LogP contribution in [0.5, 0.6) is 5.75 Å². The van der Waals surface area contributed by atoms with Gasteiger partial charge in [0.2, 0.25) is 17.7 Å². The van der Waals surface area contributed by atoms with Gasteiger partial charge in [-0.25, -0.2) is 0 Å². The van der Waals surface area contributed by atoms with Crippen LogP contribution in [0.2, 0.25) is 0 Å². The molecule has 1 saturated heterocycles. The normalized spacial score (nSPS) is 18.0. The SMILES string of the molecule is CC(N)C(=O)NC(Cc1ccc(O)cc1)C(=O)N1CCCC1C(=O)NCC(=O)O. The van der Waals surface area contributed by atoms with Crippen molar-refractivity contribution in [3.05, 3.63) is 29.8 Å². The Morgan fingerprint density at radius 2 is 1.90 bits per heavy atom. The quantitative estimate of drug-likeness (QED) is 0.368. The van der Waals surface area contributed by atoms with Gasteiger partial charge in [-0.05, 0) is 37.5 Å². The number of aromatic hydroxyl groups is 1.